The van der Waals surface area contributed by atoms with E-state index in [9.17, 15) is 5.26 Å². The molecule has 0 unspecified atom stereocenters. The van der Waals surface area contributed by atoms with Crippen LogP contribution in [0.15, 0.2) is 54.7 Å². The Hall–Kier alpha value is -3.72. The fraction of sp³-hybridized carbons (Fsp3) is 0.419. The maximum absolute atomic E-state index is 10.4. The van der Waals surface area contributed by atoms with Crippen LogP contribution in [0.5, 0.6) is 0 Å². The van der Waals surface area contributed by atoms with Gasteiger partial charge in [-0.25, -0.2) is 4.98 Å². The minimum absolute atomic E-state index is 0.726. The van der Waals surface area contributed by atoms with Crippen molar-refractivity contribution in [3.8, 4) is 6.07 Å². The van der Waals surface area contributed by atoms with E-state index in [-0.39, 0.29) is 0 Å². The predicted molar refractivity (Wildman–Crippen MR) is 154 cm³/mol. The summed E-state index contributed by atoms with van der Waals surface area (Å²) in [5, 5.41) is 13.0. The van der Waals surface area contributed by atoms with Crippen molar-refractivity contribution in [1.82, 2.24) is 9.88 Å². The van der Waals surface area contributed by atoms with Gasteiger partial charge in [0.25, 0.3) is 0 Å². The van der Waals surface area contributed by atoms with Crippen LogP contribution < -0.4 is 14.7 Å². The van der Waals surface area contributed by atoms with Crippen molar-refractivity contribution in [3.05, 3.63) is 71.4 Å². The van der Waals surface area contributed by atoms with Crippen LogP contribution in [-0.2, 0) is 13.0 Å². The summed E-state index contributed by atoms with van der Waals surface area (Å²) in [4.78, 5) is 14.8. The summed E-state index contributed by atoms with van der Waals surface area (Å²) in [5.41, 5.74) is 5.52. The van der Waals surface area contributed by atoms with E-state index in [0.717, 1.165) is 93.7 Å². The lowest BCUT2D eigenvalue weighted by atomic mass is 9.94. The van der Waals surface area contributed by atoms with Gasteiger partial charge in [-0.1, -0.05) is 49.9 Å². The molecule has 6 heteroatoms. The molecule has 0 spiro atoms. The molecule has 0 radical (unpaired) electrons. The number of benzene rings is 2. The minimum atomic E-state index is 0.726. The molecule has 2 aromatic carbocycles. The van der Waals surface area contributed by atoms with Gasteiger partial charge < -0.3 is 19.6 Å². The Morgan fingerprint density at radius 3 is 2.46 bits per heavy atom. The van der Waals surface area contributed by atoms with Crippen LogP contribution in [0.1, 0.15) is 43.9 Å². The van der Waals surface area contributed by atoms with Gasteiger partial charge in [0.1, 0.15) is 17.7 Å². The molecule has 0 atom stereocenters. The van der Waals surface area contributed by atoms with E-state index in [1.54, 1.807) is 0 Å². The number of piperazine rings is 1. The Kier molecular flexibility index (Phi) is 7.23. The van der Waals surface area contributed by atoms with Gasteiger partial charge in [-0.05, 0) is 43.7 Å². The summed E-state index contributed by atoms with van der Waals surface area (Å²) in [7, 11) is 0. The number of nitriles is 1. The Bertz CT molecular complexity index is 1330. The fourth-order valence-corrected chi connectivity index (χ4v) is 5.88. The van der Waals surface area contributed by atoms with Crippen LogP contribution in [0, 0.1) is 11.3 Å². The lowest BCUT2D eigenvalue weighted by Gasteiger charge is -2.40. The standard InChI is InChI=1S/C31H38N6/c1-5-15-34(6-2)31-27(21-32)28-22-37(29-13-9-11-24-10-7-8-12-25(24)29)16-14-26(28)30(33-31)36-19-17-35(18-20-36)23(3)4/h7-13H,3,5-6,14-20,22H2,1-2,4H3. The Balaban J connectivity index is 1.59. The number of allylic oxidation sites excluding steroid dienone is 1. The Labute approximate surface area is 221 Å². The van der Waals surface area contributed by atoms with Crippen LogP contribution >= 0.6 is 0 Å². The van der Waals surface area contributed by atoms with Crippen molar-refractivity contribution < 1.29 is 0 Å². The van der Waals surface area contributed by atoms with Gasteiger partial charge in [-0.2, -0.15) is 5.26 Å². The van der Waals surface area contributed by atoms with E-state index in [4.69, 9.17) is 4.98 Å². The van der Waals surface area contributed by atoms with Crippen LogP contribution in [0.3, 0.4) is 0 Å². The van der Waals surface area contributed by atoms with E-state index in [1.807, 2.05) is 0 Å². The van der Waals surface area contributed by atoms with Crippen LogP contribution in [-0.4, -0.2) is 55.7 Å². The van der Waals surface area contributed by atoms with Crippen LogP contribution in [0.4, 0.5) is 17.3 Å². The summed E-state index contributed by atoms with van der Waals surface area (Å²) >= 11 is 0. The first-order chi connectivity index (χ1) is 18.0. The summed E-state index contributed by atoms with van der Waals surface area (Å²) in [5.74, 6) is 1.93. The molecule has 0 N–H and O–H groups in total. The minimum Gasteiger partial charge on any atom is -0.372 e. The average molecular weight is 495 g/mol. The molecule has 0 aliphatic carbocycles. The highest BCUT2D eigenvalue weighted by atomic mass is 15.3. The maximum Gasteiger partial charge on any atom is 0.149 e. The molecule has 2 aliphatic heterocycles. The third kappa shape index (κ3) is 4.71. The van der Waals surface area contributed by atoms with Gasteiger partial charge >= 0.3 is 0 Å². The molecule has 5 rings (SSSR count). The normalized spacial score (nSPS) is 15.5. The molecule has 1 fully saturated rings. The topological polar surface area (TPSA) is 49.6 Å². The number of pyridine rings is 1. The largest absolute Gasteiger partial charge is 0.372 e. The number of anilines is 3. The predicted octanol–water partition coefficient (Wildman–Crippen LogP) is 5.56. The van der Waals surface area contributed by atoms with Crippen molar-refractivity contribution in [1.29, 1.82) is 5.26 Å². The fourth-order valence-electron chi connectivity index (χ4n) is 5.88. The zero-order chi connectivity index (χ0) is 25.9. The van der Waals surface area contributed by atoms with Crippen molar-refractivity contribution in [3.63, 3.8) is 0 Å². The number of hydrogen-bond acceptors (Lipinski definition) is 6. The second-order valence-electron chi connectivity index (χ2n) is 10.2. The van der Waals surface area contributed by atoms with Gasteiger partial charge in [0.15, 0.2) is 0 Å². The molecule has 0 bridgehead atoms. The third-order valence-electron chi connectivity index (χ3n) is 7.87. The number of rotatable bonds is 7. The van der Waals surface area contributed by atoms with Gasteiger partial charge in [0.05, 0.1) is 5.56 Å². The number of fused-ring (bicyclic) bond motifs is 2. The number of hydrogen-bond donors (Lipinski definition) is 0. The first kappa shape index (κ1) is 25.0. The van der Waals surface area contributed by atoms with Crippen molar-refractivity contribution in [2.45, 2.75) is 40.2 Å². The SMILES string of the molecule is C=C(C)N1CCN(c2nc(N(CC)CCC)c(C#N)c3c2CCN(c2cccc4ccccc24)C3)CC1. The highest BCUT2D eigenvalue weighted by molar-refractivity contribution is 5.94. The Morgan fingerprint density at radius 1 is 1.00 bits per heavy atom. The van der Waals surface area contributed by atoms with Crippen LogP contribution in [0.2, 0.25) is 0 Å². The van der Waals surface area contributed by atoms with Gasteiger partial charge in [0.2, 0.25) is 0 Å². The first-order valence-corrected chi connectivity index (χ1v) is 13.6. The molecule has 192 valence electrons. The van der Waals surface area contributed by atoms with Crippen molar-refractivity contribution in [2.75, 3.05) is 60.5 Å². The van der Waals surface area contributed by atoms with E-state index in [1.165, 1.54) is 22.0 Å². The van der Waals surface area contributed by atoms with Crippen LogP contribution in [0.25, 0.3) is 10.8 Å². The zero-order valence-corrected chi connectivity index (χ0v) is 22.5. The summed E-state index contributed by atoms with van der Waals surface area (Å²) in [6.45, 7) is 17.7. The van der Waals surface area contributed by atoms with E-state index in [0.29, 0.717) is 0 Å². The number of nitrogens with zero attached hydrogens (tertiary/aromatic N) is 6. The average Bonchev–Trinajstić information content (AvgIpc) is 2.94. The van der Waals surface area contributed by atoms with Gasteiger partial charge in [-0.15, -0.1) is 0 Å². The Morgan fingerprint density at radius 2 is 1.76 bits per heavy atom. The molecular weight excluding hydrogens is 456 g/mol. The molecule has 1 aromatic heterocycles. The van der Waals surface area contributed by atoms with Gasteiger partial charge in [-0.3, -0.25) is 0 Å². The summed E-state index contributed by atoms with van der Waals surface area (Å²) in [6.07, 6.45) is 1.91. The molecule has 3 aromatic rings. The highest BCUT2D eigenvalue weighted by Crippen LogP contribution is 2.38. The van der Waals surface area contributed by atoms with Gasteiger partial charge in [0, 0.05) is 74.7 Å². The van der Waals surface area contributed by atoms with E-state index < -0.39 is 0 Å². The van der Waals surface area contributed by atoms with E-state index >= 15 is 0 Å². The maximum atomic E-state index is 10.4. The molecular formula is C31H38N6. The smallest absolute Gasteiger partial charge is 0.149 e. The molecule has 3 heterocycles. The zero-order valence-electron chi connectivity index (χ0n) is 22.5. The monoisotopic (exact) mass is 494 g/mol. The second-order valence-corrected chi connectivity index (χ2v) is 10.2. The second kappa shape index (κ2) is 10.7. The lowest BCUT2D eigenvalue weighted by molar-refractivity contribution is 0.322. The highest BCUT2D eigenvalue weighted by Gasteiger charge is 2.31. The lowest BCUT2D eigenvalue weighted by Crippen LogP contribution is -2.46. The molecule has 0 saturated carbocycles. The molecule has 0 amide bonds. The van der Waals surface area contributed by atoms with E-state index in [2.05, 4.69) is 95.5 Å². The van der Waals surface area contributed by atoms with Crippen molar-refractivity contribution >= 4 is 28.1 Å². The third-order valence-corrected chi connectivity index (χ3v) is 7.87. The molecule has 37 heavy (non-hydrogen) atoms. The van der Waals surface area contributed by atoms with Crippen molar-refractivity contribution in [2.24, 2.45) is 0 Å². The summed E-state index contributed by atoms with van der Waals surface area (Å²) in [6, 6.07) is 17.7. The molecule has 6 nitrogen and oxygen atoms in total. The summed E-state index contributed by atoms with van der Waals surface area (Å²) < 4.78 is 0. The molecule has 2 aliphatic rings. The first-order valence-electron chi connectivity index (χ1n) is 13.6. The molecule has 1 saturated heterocycles. The quantitative estimate of drug-likeness (QED) is 0.429. The number of aromatic nitrogens is 1.